The Morgan fingerprint density at radius 1 is 0.829 bits per heavy atom. The maximum absolute atomic E-state index is 4.83. The number of nitrogens with zero attached hydrogens (tertiary/aromatic N) is 3. The first-order chi connectivity index (χ1) is 17.2. The lowest BCUT2D eigenvalue weighted by Gasteiger charge is -2.10. The third-order valence-electron chi connectivity index (χ3n) is 6.85. The normalized spacial score (nSPS) is 12.9. The summed E-state index contributed by atoms with van der Waals surface area (Å²) in [5.41, 5.74) is 6.94. The molecule has 0 saturated carbocycles. The van der Waals surface area contributed by atoms with Crippen LogP contribution in [0.4, 0.5) is 0 Å². The van der Waals surface area contributed by atoms with Gasteiger partial charge in [0, 0.05) is 67.2 Å². The smallest absolute Gasteiger partial charge is 0.0963 e. The van der Waals surface area contributed by atoms with E-state index in [4.69, 9.17) is 4.98 Å². The number of hydrogen-bond acceptors (Lipinski definition) is 2. The summed E-state index contributed by atoms with van der Waals surface area (Å²) >= 11 is 1.85. The van der Waals surface area contributed by atoms with Gasteiger partial charge in [0.2, 0.25) is 0 Å². The number of fused-ring (bicyclic) bond motifs is 8. The van der Waals surface area contributed by atoms with Gasteiger partial charge >= 0.3 is 0 Å². The SMILES string of the molecule is C/C=C\C(=C/c1cn(C)c2ccccc12)n1c2cccnc2c2ccc3sc4ccccc4c3c21. The Bertz CT molecular complexity index is 1980. The molecule has 0 spiro atoms. The predicted molar refractivity (Wildman–Crippen MR) is 152 cm³/mol. The van der Waals surface area contributed by atoms with Crippen molar-refractivity contribution in [3.05, 3.63) is 103 Å². The second kappa shape index (κ2) is 7.69. The summed E-state index contributed by atoms with van der Waals surface area (Å²) in [5.74, 6) is 0. The zero-order chi connectivity index (χ0) is 23.5. The third kappa shape index (κ3) is 2.93. The fraction of sp³-hybridized carbons (Fsp3) is 0.0645. The van der Waals surface area contributed by atoms with Crippen LogP contribution in [0.2, 0.25) is 0 Å². The van der Waals surface area contributed by atoms with Gasteiger partial charge in [-0.2, -0.15) is 0 Å². The van der Waals surface area contributed by atoms with Gasteiger partial charge in [0.05, 0.1) is 16.6 Å². The minimum Gasteiger partial charge on any atom is -0.350 e. The van der Waals surface area contributed by atoms with Gasteiger partial charge in [0.1, 0.15) is 0 Å². The molecule has 4 heteroatoms. The molecule has 3 nitrogen and oxygen atoms in total. The first-order valence-electron chi connectivity index (χ1n) is 11.8. The Balaban J connectivity index is 1.66. The van der Waals surface area contributed by atoms with Crippen molar-refractivity contribution >= 4 is 76.1 Å². The minimum absolute atomic E-state index is 1.04. The highest BCUT2D eigenvalue weighted by atomic mass is 32.1. The largest absolute Gasteiger partial charge is 0.350 e. The first kappa shape index (κ1) is 20.2. The molecule has 7 rings (SSSR count). The van der Waals surface area contributed by atoms with Crippen molar-refractivity contribution < 1.29 is 0 Å². The van der Waals surface area contributed by atoms with Gasteiger partial charge in [-0.15, -0.1) is 11.3 Å². The van der Waals surface area contributed by atoms with Gasteiger partial charge in [0.15, 0.2) is 0 Å². The number of benzene rings is 3. The van der Waals surface area contributed by atoms with Gasteiger partial charge in [0.25, 0.3) is 0 Å². The van der Waals surface area contributed by atoms with E-state index in [2.05, 4.69) is 114 Å². The molecule has 0 radical (unpaired) electrons. The number of aromatic nitrogens is 3. The van der Waals surface area contributed by atoms with E-state index in [0.29, 0.717) is 0 Å². The van der Waals surface area contributed by atoms with Crippen molar-refractivity contribution in [3.63, 3.8) is 0 Å². The molecular weight excluding hydrogens is 446 g/mol. The molecule has 0 aliphatic rings. The van der Waals surface area contributed by atoms with Gasteiger partial charge in [-0.25, -0.2) is 0 Å². The molecule has 0 N–H and O–H groups in total. The van der Waals surface area contributed by atoms with Crippen LogP contribution in [0.15, 0.2) is 97.3 Å². The van der Waals surface area contributed by atoms with E-state index in [0.717, 1.165) is 16.7 Å². The van der Waals surface area contributed by atoms with Gasteiger partial charge in [-0.3, -0.25) is 4.98 Å². The molecule has 4 heterocycles. The Hall–Kier alpha value is -4.15. The van der Waals surface area contributed by atoms with Crippen LogP contribution in [0.25, 0.3) is 64.8 Å². The van der Waals surface area contributed by atoms with E-state index in [-0.39, 0.29) is 0 Å². The van der Waals surface area contributed by atoms with Crippen molar-refractivity contribution in [2.75, 3.05) is 0 Å². The number of allylic oxidation sites excluding steroid dienone is 3. The Labute approximate surface area is 206 Å². The van der Waals surface area contributed by atoms with Gasteiger partial charge in [-0.05, 0) is 55.5 Å². The second-order valence-corrected chi connectivity index (χ2v) is 10.0. The minimum atomic E-state index is 1.04. The average Bonchev–Trinajstić information content (AvgIpc) is 3.53. The molecule has 35 heavy (non-hydrogen) atoms. The van der Waals surface area contributed by atoms with Crippen molar-refractivity contribution in [3.8, 4) is 0 Å². The highest BCUT2D eigenvalue weighted by Crippen LogP contribution is 2.42. The molecule has 0 saturated heterocycles. The number of hydrogen-bond donors (Lipinski definition) is 0. The molecule has 0 amide bonds. The third-order valence-corrected chi connectivity index (χ3v) is 7.98. The Morgan fingerprint density at radius 3 is 2.51 bits per heavy atom. The Morgan fingerprint density at radius 2 is 1.63 bits per heavy atom. The first-order valence-corrected chi connectivity index (χ1v) is 12.6. The highest BCUT2D eigenvalue weighted by Gasteiger charge is 2.19. The highest BCUT2D eigenvalue weighted by molar-refractivity contribution is 7.26. The molecule has 7 aromatic rings. The molecule has 0 atom stereocenters. The van der Waals surface area contributed by atoms with E-state index in [1.165, 1.54) is 47.5 Å². The number of aryl methyl sites for hydroxylation is 1. The molecule has 0 aliphatic carbocycles. The lowest BCUT2D eigenvalue weighted by molar-refractivity contribution is 0.968. The van der Waals surface area contributed by atoms with Crippen LogP contribution < -0.4 is 0 Å². The summed E-state index contributed by atoms with van der Waals surface area (Å²) in [7, 11) is 2.11. The van der Waals surface area contributed by atoms with Crippen LogP contribution >= 0.6 is 11.3 Å². The number of rotatable bonds is 3. The maximum Gasteiger partial charge on any atom is 0.0963 e. The monoisotopic (exact) mass is 469 g/mol. The van der Waals surface area contributed by atoms with E-state index >= 15 is 0 Å². The second-order valence-electron chi connectivity index (χ2n) is 8.92. The molecule has 0 aliphatic heterocycles. The molecule has 4 aromatic heterocycles. The topological polar surface area (TPSA) is 22.8 Å². The van der Waals surface area contributed by atoms with Crippen LogP contribution in [0.1, 0.15) is 12.5 Å². The van der Waals surface area contributed by atoms with Crippen molar-refractivity contribution in [1.29, 1.82) is 0 Å². The van der Waals surface area contributed by atoms with Crippen molar-refractivity contribution in [1.82, 2.24) is 14.1 Å². The molecule has 3 aromatic carbocycles. The standard InChI is InChI=1S/C31H23N3S/c1-3-9-21(18-20-19-33(2)25-12-6-4-10-22(20)25)34-26-13-8-17-32-30(26)24-15-16-28-29(31(24)34)23-11-5-7-14-27(23)35-28/h3-19H,1-2H3/b9-3-,21-18+. The molecule has 168 valence electrons. The number of thiophene rings is 1. The number of para-hydroxylation sites is 1. The van der Waals surface area contributed by atoms with E-state index in [1.54, 1.807) is 0 Å². The van der Waals surface area contributed by atoms with E-state index < -0.39 is 0 Å². The Kier molecular flexibility index (Phi) is 4.45. The fourth-order valence-electron chi connectivity index (χ4n) is 5.40. The zero-order valence-corrected chi connectivity index (χ0v) is 20.4. The van der Waals surface area contributed by atoms with Crippen LogP contribution in [0, 0.1) is 0 Å². The van der Waals surface area contributed by atoms with Gasteiger partial charge in [-0.1, -0.05) is 42.5 Å². The summed E-state index contributed by atoms with van der Waals surface area (Å²) in [6.07, 6.45) is 10.8. The van der Waals surface area contributed by atoms with Crippen LogP contribution in [0.3, 0.4) is 0 Å². The molecular formula is C31H23N3S. The van der Waals surface area contributed by atoms with E-state index in [1.807, 2.05) is 23.6 Å². The van der Waals surface area contributed by atoms with E-state index in [9.17, 15) is 0 Å². The average molecular weight is 470 g/mol. The van der Waals surface area contributed by atoms with Crippen molar-refractivity contribution in [2.45, 2.75) is 6.92 Å². The predicted octanol–water partition coefficient (Wildman–Crippen LogP) is 8.62. The molecule has 0 unspecified atom stereocenters. The quantitative estimate of drug-likeness (QED) is 0.238. The maximum atomic E-state index is 4.83. The zero-order valence-electron chi connectivity index (χ0n) is 19.6. The lowest BCUT2D eigenvalue weighted by Crippen LogP contribution is -1.95. The summed E-state index contributed by atoms with van der Waals surface area (Å²) in [6, 6.07) is 26.0. The summed E-state index contributed by atoms with van der Waals surface area (Å²) < 4.78 is 7.21. The van der Waals surface area contributed by atoms with Crippen LogP contribution in [0.5, 0.6) is 0 Å². The molecule has 0 fully saturated rings. The van der Waals surface area contributed by atoms with Crippen LogP contribution in [-0.2, 0) is 7.05 Å². The number of pyridine rings is 1. The van der Waals surface area contributed by atoms with Gasteiger partial charge < -0.3 is 9.13 Å². The summed E-state index contributed by atoms with van der Waals surface area (Å²) in [4.78, 5) is 4.83. The van der Waals surface area contributed by atoms with Crippen LogP contribution in [-0.4, -0.2) is 14.1 Å². The lowest BCUT2D eigenvalue weighted by atomic mass is 10.1. The molecule has 0 bridgehead atoms. The fourth-order valence-corrected chi connectivity index (χ4v) is 6.51. The summed E-state index contributed by atoms with van der Waals surface area (Å²) in [5, 5.41) is 5.04. The summed E-state index contributed by atoms with van der Waals surface area (Å²) in [6.45, 7) is 2.08. The van der Waals surface area contributed by atoms with Crippen molar-refractivity contribution in [2.24, 2.45) is 7.05 Å².